The number of sulfonamides is 1. The van der Waals surface area contributed by atoms with E-state index in [1.165, 1.54) is 0 Å². The van der Waals surface area contributed by atoms with Crippen molar-refractivity contribution in [3.05, 3.63) is 29.8 Å². The molecule has 1 aromatic carbocycles. The average Bonchev–Trinajstić information content (AvgIpc) is 2.60. The van der Waals surface area contributed by atoms with Crippen LogP contribution in [-0.4, -0.2) is 31.7 Å². The Bertz CT molecular complexity index is 717. The zero-order chi connectivity index (χ0) is 19.4. The van der Waals surface area contributed by atoms with Gasteiger partial charge in [0.25, 0.3) is 0 Å². The molecule has 1 aromatic rings. The molecule has 146 valence electrons. The van der Waals surface area contributed by atoms with Crippen LogP contribution in [0.15, 0.2) is 29.2 Å². The van der Waals surface area contributed by atoms with E-state index in [0.29, 0.717) is 30.0 Å². The summed E-state index contributed by atoms with van der Waals surface area (Å²) in [5.41, 5.74) is 0.710. The molecule has 0 saturated carbocycles. The van der Waals surface area contributed by atoms with E-state index < -0.39 is 10.0 Å². The Morgan fingerprint density at radius 2 is 1.77 bits per heavy atom. The number of piperidine rings is 1. The van der Waals surface area contributed by atoms with Gasteiger partial charge in [-0.2, -0.15) is 4.31 Å². The SMILES string of the molecule is CC(CC(=O)NCc1ccccc1S(=O)(=O)N1CCCCC1)C(C)(C)C. The van der Waals surface area contributed by atoms with Gasteiger partial charge in [0.05, 0.1) is 4.90 Å². The van der Waals surface area contributed by atoms with Crippen LogP contribution >= 0.6 is 0 Å². The number of hydrogen-bond acceptors (Lipinski definition) is 3. The lowest BCUT2D eigenvalue weighted by Crippen LogP contribution is -2.36. The molecule has 0 aromatic heterocycles. The molecular weight excluding hydrogens is 348 g/mol. The molecule has 0 aliphatic carbocycles. The molecule has 1 unspecified atom stereocenters. The van der Waals surface area contributed by atoms with Crippen LogP contribution in [-0.2, 0) is 21.4 Å². The number of carbonyl (C=O) groups is 1. The van der Waals surface area contributed by atoms with E-state index in [9.17, 15) is 13.2 Å². The first-order valence-corrected chi connectivity index (χ1v) is 10.9. The van der Waals surface area contributed by atoms with Crippen molar-refractivity contribution in [1.82, 2.24) is 9.62 Å². The van der Waals surface area contributed by atoms with Crippen molar-refractivity contribution in [2.75, 3.05) is 13.1 Å². The molecule has 0 bridgehead atoms. The summed E-state index contributed by atoms with van der Waals surface area (Å²) in [7, 11) is -3.50. The standard InChI is InChI=1S/C20H32N2O3S/c1-16(20(2,3)4)14-19(23)21-15-17-10-6-7-11-18(17)26(24,25)22-12-8-5-9-13-22/h6-7,10-11,16H,5,8-9,12-15H2,1-4H3,(H,21,23). The van der Waals surface area contributed by atoms with Crippen molar-refractivity contribution in [2.45, 2.75) is 64.8 Å². The predicted molar refractivity (Wildman–Crippen MR) is 104 cm³/mol. The van der Waals surface area contributed by atoms with Gasteiger partial charge in [0.15, 0.2) is 0 Å². The maximum atomic E-state index is 13.0. The van der Waals surface area contributed by atoms with Gasteiger partial charge in [0.1, 0.15) is 0 Å². The maximum absolute atomic E-state index is 13.0. The molecular formula is C20H32N2O3S. The van der Waals surface area contributed by atoms with Gasteiger partial charge in [0, 0.05) is 26.1 Å². The lowest BCUT2D eigenvalue weighted by molar-refractivity contribution is -0.122. The second kappa shape index (κ2) is 8.53. The zero-order valence-electron chi connectivity index (χ0n) is 16.4. The monoisotopic (exact) mass is 380 g/mol. The first-order valence-electron chi connectivity index (χ1n) is 9.47. The Kier molecular flexibility index (Phi) is 6.86. The number of nitrogens with zero attached hydrogens (tertiary/aromatic N) is 1. The number of hydrogen-bond donors (Lipinski definition) is 1. The minimum absolute atomic E-state index is 0.0439. The number of benzene rings is 1. The van der Waals surface area contributed by atoms with Crippen molar-refractivity contribution in [1.29, 1.82) is 0 Å². The predicted octanol–water partition coefficient (Wildman–Crippen LogP) is 3.55. The van der Waals surface area contributed by atoms with Crippen molar-refractivity contribution in [3.63, 3.8) is 0 Å². The number of rotatable bonds is 6. The molecule has 1 amide bonds. The van der Waals surface area contributed by atoms with E-state index >= 15 is 0 Å². The van der Waals surface area contributed by atoms with Crippen LogP contribution in [0.25, 0.3) is 0 Å². The van der Waals surface area contributed by atoms with Crippen molar-refractivity contribution in [2.24, 2.45) is 11.3 Å². The Hall–Kier alpha value is -1.40. The Balaban J connectivity index is 2.08. The van der Waals surface area contributed by atoms with Gasteiger partial charge in [-0.1, -0.05) is 52.3 Å². The summed E-state index contributed by atoms with van der Waals surface area (Å²) < 4.78 is 27.5. The third-order valence-electron chi connectivity index (χ3n) is 5.35. The Morgan fingerprint density at radius 1 is 1.15 bits per heavy atom. The molecule has 2 rings (SSSR count). The molecule has 1 saturated heterocycles. The Morgan fingerprint density at radius 3 is 2.38 bits per heavy atom. The zero-order valence-corrected chi connectivity index (χ0v) is 17.2. The van der Waals surface area contributed by atoms with Gasteiger partial charge in [-0.05, 0) is 35.8 Å². The first kappa shape index (κ1) is 20.9. The van der Waals surface area contributed by atoms with E-state index in [4.69, 9.17) is 0 Å². The summed E-state index contributed by atoms with van der Waals surface area (Å²) in [6, 6.07) is 6.98. The molecule has 1 fully saturated rings. The molecule has 26 heavy (non-hydrogen) atoms. The molecule has 1 aliphatic heterocycles. The maximum Gasteiger partial charge on any atom is 0.243 e. The van der Waals surface area contributed by atoms with E-state index in [1.807, 2.05) is 6.07 Å². The molecule has 0 radical (unpaired) electrons. The van der Waals surface area contributed by atoms with Gasteiger partial charge in [-0.15, -0.1) is 0 Å². The highest BCUT2D eigenvalue weighted by molar-refractivity contribution is 7.89. The highest BCUT2D eigenvalue weighted by atomic mass is 32.2. The van der Waals surface area contributed by atoms with Gasteiger partial charge in [-0.25, -0.2) is 8.42 Å². The largest absolute Gasteiger partial charge is 0.352 e. The van der Waals surface area contributed by atoms with Crippen molar-refractivity contribution >= 4 is 15.9 Å². The lowest BCUT2D eigenvalue weighted by Gasteiger charge is -2.27. The summed E-state index contributed by atoms with van der Waals surface area (Å²) >= 11 is 0. The van der Waals surface area contributed by atoms with Crippen LogP contribution in [0.4, 0.5) is 0 Å². The topological polar surface area (TPSA) is 66.5 Å². The Labute approximate surface area is 158 Å². The fourth-order valence-electron chi connectivity index (χ4n) is 3.00. The number of carbonyl (C=O) groups excluding carboxylic acids is 1. The van der Waals surface area contributed by atoms with Crippen LogP contribution in [0.3, 0.4) is 0 Å². The average molecular weight is 381 g/mol. The normalized spacial score (nSPS) is 17.7. The molecule has 6 heteroatoms. The molecule has 1 N–H and O–H groups in total. The smallest absolute Gasteiger partial charge is 0.243 e. The quantitative estimate of drug-likeness (QED) is 0.821. The van der Waals surface area contributed by atoms with Crippen LogP contribution in [0.5, 0.6) is 0 Å². The van der Waals surface area contributed by atoms with E-state index in [1.54, 1.807) is 22.5 Å². The minimum Gasteiger partial charge on any atom is -0.352 e. The minimum atomic E-state index is -3.50. The van der Waals surface area contributed by atoms with Gasteiger partial charge >= 0.3 is 0 Å². The fourth-order valence-corrected chi connectivity index (χ4v) is 4.74. The van der Waals surface area contributed by atoms with Crippen LogP contribution in [0, 0.1) is 11.3 Å². The lowest BCUT2D eigenvalue weighted by atomic mass is 9.80. The fraction of sp³-hybridized carbons (Fsp3) is 0.650. The van der Waals surface area contributed by atoms with Crippen LogP contribution in [0.2, 0.25) is 0 Å². The summed E-state index contributed by atoms with van der Waals surface area (Å²) in [6.07, 6.45) is 3.33. The van der Waals surface area contributed by atoms with Crippen molar-refractivity contribution in [3.8, 4) is 0 Å². The van der Waals surface area contributed by atoms with Gasteiger partial charge in [-0.3, -0.25) is 4.79 Å². The van der Waals surface area contributed by atoms with E-state index in [-0.39, 0.29) is 23.8 Å². The number of nitrogens with one attached hydrogen (secondary N) is 1. The number of amides is 1. The van der Waals surface area contributed by atoms with Crippen molar-refractivity contribution < 1.29 is 13.2 Å². The van der Waals surface area contributed by atoms with E-state index in [0.717, 1.165) is 19.3 Å². The summed E-state index contributed by atoms with van der Waals surface area (Å²) in [4.78, 5) is 12.6. The highest BCUT2D eigenvalue weighted by Crippen LogP contribution is 2.28. The molecule has 1 atom stereocenters. The van der Waals surface area contributed by atoms with Gasteiger partial charge in [0.2, 0.25) is 15.9 Å². The molecule has 5 nitrogen and oxygen atoms in total. The van der Waals surface area contributed by atoms with Gasteiger partial charge < -0.3 is 5.32 Å². The third kappa shape index (κ3) is 5.30. The molecule has 0 spiro atoms. The second-order valence-corrected chi connectivity index (χ2v) is 10.2. The summed E-state index contributed by atoms with van der Waals surface area (Å²) in [5, 5.41) is 2.90. The first-order chi connectivity index (χ1) is 12.1. The molecule has 1 aliphatic rings. The van der Waals surface area contributed by atoms with Crippen LogP contribution in [0.1, 0.15) is 58.9 Å². The summed E-state index contributed by atoms with van der Waals surface area (Å²) in [5.74, 6) is 0.201. The van der Waals surface area contributed by atoms with E-state index in [2.05, 4.69) is 33.0 Å². The second-order valence-electron chi connectivity index (χ2n) is 8.32. The molecule has 1 heterocycles. The van der Waals surface area contributed by atoms with Crippen LogP contribution < -0.4 is 5.32 Å². The summed E-state index contributed by atoms with van der Waals surface area (Å²) in [6.45, 7) is 9.80. The highest BCUT2D eigenvalue weighted by Gasteiger charge is 2.28. The third-order valence-corrected chi connectivity index (χ3v) is 7.35.